The lowest BCUT2D eigenvalue weighted by atomic mass is 10.8. The molecule has 1 N–H and O–H groups in total. The normalized spacial score (nSPS) is 13.8. The van der Waals surface area contributed by atoms with Gasteiger partial charge in [0.1, 0.15) is 12.2 Å². The Morgan fingerprint density at radius 1 is 1.56 bits per heavy atom. The Balaban J connectivity index is 0.000000291. The second-order valence-electron chi connectivity index (χ2n) is 1.11. The summed E-state index contributed by atoms with van der Waals surface area (Å²) >= 11 is 0. The van der Waals surface area contributed by atoms with Crippen molar-refractivity contribution in [2.45, 2.75) is 13.8 Å². The van der Waals surface area contributed by atoms with Gasteiger partial charge in [-0.05, 0) is 0 Å². The molecule has 50 valence electrons. The average molecular weight is 125 g/mol. The summed E-state index contributed by atoms with van der Waals surface area (Å²) in [7, 11) is 0. The van der Waals surface area contributed by atoms with Crippen LogP contribution in [0, 0.1) is 0 Å². The van der Waals surface area contributed by atoms with E-state index in [2.05, 4.69) is 21.9 Å². The van der Waals surface area contributed by atoms with Crippen molar-refractivity contribution in [2.24, 2.45) is 9.98 Å². The Hall–Kier alpha value is -1.12. The zero-order valence-electron chi connectivity index (χ0n) is 5.76. The lowest BCUT2D eigenvalue weighted by Crippen LogP contribution is -2.10. The summed E-state index contributed by atoms with van der Waals surface area (Å²) in [6.07, 6.45) is 2.98. The molecule has 0 saturated carbocycles. The number of hydrogen-bond acceptors (Lipinski definition) is 3. The lowest BCUT2D eigenvalue weighted by Gasteiger charge is -1.97. The molecule has 0 atom stereocenters. The molecule has 0 aromatic carbocycles. The van der Waals surface area contributed by atoms with Gasteiger partial charge in [0.05, 0.1) is 6.34 Å². The van der Waals surface area contributed by atoms with Gasteiger partial charge >= 0.3 is 0 Å². The molecule has 0 spiro atoms. The fourth-order valence-electron chi connectivity index (χ4n) is 0.285. The minimum absolute atomic E-state index is 0.634. The highest BCUT2D eigenvalue weighted by Gasteiger charge is 1.84. The molecule has 0 aromatic heterocycles. The Kier molecular flexibility index (Phi) is 4.40. The molecule has 0 aliphatic carbocycles. The van der Waals surface area contributed by atoms with E-state index in [0.717, 1.165) is 0 Å². The Morgan fingerprint density at radius 3 is 2.44 bits per heavy atom. The largest absolute Gasteiger partial charge is 0.331 e. The number of aliphatic imine (C=N–C) groups is 2. The summed E-state index contributed by atoms with van der Waals surface area (Å²) in [5.41, 5.74) is 0. The van der Waals surface area contributed by atoms with Gasteiger partial charge in [-0.3, -0.25) is 0 Å². The first kappa shape index (κ1) is 7.88. The maximum absolute atomic E-state index is 3.70. The fourth-order valence-corrected chi connectivity index (χ4v) is 0.285. The van der Waals surface area contributed by atoms with Crippen molar-refractivity contribution in [1.29, 1.82) is 0 Å². The van der Waals surface area contributed by atoms with Gasteiger partial charge in [0.2, 0.25) is 0 Å². The minimum Gasteiger partial charge on any atom is -0.331 e. The third kappa shape index (κ3) is 3.46. The van der Waals surface area contributed by atoms with E-state index >= 15 is 0 Å². The van der Waals surface area contributed by atoms with Crippen molar-refractivity contribution in [1.82, 2.24) is 5.32 Å². The predicted molar refractivity (Wildman–Crippen MR) is 40.6 cm³/mol. The first-order valence-corrected chi connectivity index (χ1v) is 2.89. The van der Waals surface area contributed by atoms with E-state index in [1.54, 1.807) is 0 Å². The third-order valence-electron chi connectivity index (χ3n) is 0.586. The van der Waals surface area contributed by atoms with Gasteiger partial charge in [0.15, 0.2) is 0 Å². The quantitative estimate of drug-likeness (QED) is 0.518. The molecule has 0 unspecified atom stereocenters. The highest BCUT2D eigenvalue weighted by atomic mass is 15.1. The van der Waals surface area contributed by atoms with Crippen LogP contribution in [0.3, 0.4) is 0 Å². The average Bonchev–Trinajstić information content (AvgIpc) is 1.94. The zero-order chi connectivity index (χ0) is 7.11. The van der Waals surface area contributed by atoms with E-state index < -0.39 is 0 Å². The van der Waals surface area contributed by atoms with Gasteiger partial charge in [0.25, 0.3) is 0 Å². The van der Waals surface area contributed by atoms with Crippen LogP contribution in [-0.4, -0.2) is 12.7 Å². The van der Waals surface area contributed by atoms with Crippen LogP contribution >= 0.6 is 0 Å². The molecule has 0 saturated heterocycles. The molecule has 0 bridgehead atoms. The highest BCUT2D eigenvalue weighted by Crippen LogP contribution is 1.84. The van der Waals surface area contributed by atoms with Gasteiger partial charge in [-0.2, -0.15) is 0 Å². The maximum atomic E-state index is 3.70. The summed E-state index contributed by atoms with van der Waals surface area (Å²) < 4.78 is 0. The Bertz CT molecular complexity index is 135. The predicted octanol–water partition coefficient (Wildman–Crippen LogP) is 1.14. The van der Waals surface area contributed by atoms with E-state index in [1.807, 2.05) is 13.8 Å². The second-order valence-corrected chi connectivity index (χ2v) is 1.11. The van der Waals surface area contributed by atoms with Gasteiger partial charge in [0, 0.05) is 0 Å². The van der Waals surface area contributed by atoms with Crippen LogP contribution in [0.2, 0.25) is 0 Å². The van der Waals surface area contributed by atoms with Gasteiger partial charge in [-0.15, -0.1) is 0 Å². The smallest absolute Gasteiger partial charge is 0.125 e. The molecule has 1 aliphatic rings. The topological polar surface area (TPSA) is 36.8 Å². The molecule has 0 amide bonds. The van der Waals surface area contributed by atoms with Crippen LogP contribution in [0.1, 0.15) is 13.8 Å². The standard InChI is InChI=1S/C4H5N3.C2H6/c1-4-6-2-5-3-7-4;1-2/h2-3H,1H2,(H,5,6,7);1-2H3. The van der Waals surface area contributed by atoms with Crippen LogP contribution < -0.4 is 5.32 Å². The van der Waals surface area contributed by atoms with Gasteiger partial charge < -0.3 is 5.32 Å². The molecule has 3 nitrogen and oxygen atoms in total. The van der Waals surface area contributed by atoms with E-state index in [1.165, 1.54) is 12.7 Å². The summed E-state index contributed by atoms with van der Waals surface area (Å²) in [6.45, 7) is 7.51. The van der Waals surface area contributed by atoms with E-state index in [-0.39, 0.29) is 0 Å². The molecular weight excluding hydrogens is 114 g/mol. The molecule has 1 heterocycles. The monoisotopic (exact) mass is 125 g/mol. The third-order valence-corrected chi connectivity index (χ3v) is 0.586. The van der Waals surface area contributed by atoms with Crippen molar-refractivity contribution in [3.05, 3.63) is 12.4 Å². The van der Waals surface area contributed by atoms with E-state index in [0.29, 0.717) is 5.82 Å². The summed E-state index contributed by atoms with van der Waals surface area (Å²) in [4.78, 5) is 7.34. The summed E-state index contributed by atoms with van der Waals surface area (Å²) in [5.74, 6) is 0.634. The number of hydrogen-bond donors (Lipinski definition) is 1. The molecule has 9 heavy (non-hydrogen) atoms. The lowest BCUT2D eigenvalue weighted by molar-refractivity contribution is 1.10. The summed E-state index contributed by atoms with van der Waals surface area (Å²) in [6, 6.07) is 0. The summed E-state index contributed by atoms with van der Waals surface area (Å²) in [5, 5.41) is 2.70. The number of nitrogens with zero attached hydrogens (tertiary/aromatic N) is 2. The first-order chi connectivity index (χ1) is 4.39. The molecule has 3 heteroatoms. The van der Waals surface area contributed by atoms with Crippen molar-refractivity contribution >= 4 is 12.7 Å². The van der Waals surface area contributed by atoms with Crippen molar-refractivity contribution < 1.29 is 0 Å². The van der Waals surface area contributed by atoms with Crippen LogP contribution in [0.15, 0.2) is 22.4 Å². The zero-order valence-corrected chi connectivity index (χ0v) is 5.76. The Labute approximate surface area is 55.2 Å². The molecule has 0 aromatic rings. The second kappa shape index (κ2) is 5.03. The van der Waals surface area contributed by atoms with Gasteiger partial charge in [-0.25, -0.2) is 9.98 Å². The maximum Gasteiger partial charge on any atom is 0.125 e. The van der Waals surface area contributed by atoms with Crippen molar-refractivity contribution in [2.75, 3.05) is 0 Å². The first-order valence-electron chi connectivity index (χ1n) is 2.89. The van der Waals surface area contributed by atoms with Crippen LogP contribution in [-0.2, 0) is 0 Å². The van der Waals surface area contributed by atoms with Crippen LogP contribution in [0.4, 0.5) is 0 Å². The van der Waals surface area contributed by atoms with E-state index in [9.17, 15) is 0 Å². The van der Waals surface area contributed by atoms with Crippen LogP contribution in [0.25, 0.3) is 0 Å². The van der Waals surface area contributed by atoms with E-state index in [4.69, 9.17) is 0 Å². The molecule has 1 aliphatic heterocycles. The van der Waals surface area contributed by atoms with Crippen molar-refractivity contribution in [3.63, 3.8) is 0 Å². The highest BCUT2D eigenvalue weighted by molar-refractivity contribution is 5.75. The van der Waals surface area contributed by atoms with Crippen molar-refractivity contribution in [3.8, 4) is 0 Å². The molecule has 0 radical (unpaired) electrons. The molecule has 0 fully saturated rings. The number of nitrogens with one attached hydrogen (secondary N) is 1. The Morgan fingerprint density at radius 2 is 2.22 bits per heavy atom. The molecular formula is C6H11N3. The number of rotatable bonds is 0. The molecule has 1 rings (SSSR count). The SMILES string of the molecule is C=C1N=CN=CN1.CC. The minimum atomic E-state index is 0.634. The van der Waals surface area contributed by atoms with Gasteiger partial charge in [-0.1, -0.05) is 20.4 Å². The van der Waals surface area contributed by atoms with Crippen LogP contribution in [0.5, 0.6) is 0 Å². The fraction of sp³-hybridized carbons (Fsp3) is 0.333.